The fourth-order valence-electron chi connectivity index (χ4n) is 1.36. The Balaban J connectivity index is 2.72. The van der Waals surface area contributed by atoms with E-state index in [1.54, 1.807) is 12.1 Å². The van der Waals surface area contributed by atoms with Gasteiger partial charge in [0.25, 0.3) is 0 Å². The molecule has 0 unspecified atom stereocenters. The number of amides is 1. The highest BCUT2D eigenvalue weighted by atomic mass is 35.5. The first-order valence-electron chi connectivity index (χ1n) is 5.67. The monoisotopic (exact) mass is 304 g/mol. The maximum atomic E-state index is 11.9. The van der Waals surface area contributed by atoms with Gasteiger partial charge in [-0.3, -0.25) is 4.79 Å². The van der Waals surface area contributed by atoms with Crippen LogP contribution in [0.4, 0.5) is 0 Å². The molecule has 0 aliphatic carbocycles. The highest BCUT2D eigenvalue weighted by Gasteiger charge is 2.20. The standard InChI is InChI=1S/C12H17ClN2O3S/c1-12(2,3)15-11(16)8-14-19(17,18)10-7-5-4-6-9(10)13/h4-7,14H,8H2,1-3H3,(H,15,16). The van der Waals surface area contributed by atoms with Gasteiger partial charge >= 0.3 is 0 Å². The summed E-state index contributed by atoms with van der Waals surface area (Å²) in [5, 5.41) is 2.78. The third-order valence-corrected chi connectivity index (χ3v) is 3.96. The third kappa shape index (κ3) is 5.18. The summed E-state index contributed by atoms with van der Waals surface area (Å²) < 4.78 is 26.1. The molecule has 1 aromatic carbocycles. The van der Waals surface area contributed by atoms with Crippen LogP contribution in [0.2, 0.25) is 5.02 Å². The van der Waals surface area contributed by atoms with Crippen LogP contribution in [0, 0.1) is 0 Å². The number of carbonyl (C=O) groups excluding carboxylic acids is 1. The zero-order valence-corrected chi connectivity index (χ0v) is 12.6. The van der Waals surface area contributed by atoms with Crippen molar-refractivity contribution in [3.05, 3.63) is 29.3 Å². The number of halogens is 1. The summed E-state index contributed by atoms with van der Waals surface area (Å²) >= 11 is 5.81. The van der Waals surface area contributed by atoms with Gasteiger partial charge in [-0.25, -0.2) is 13.1 Å². The summed E-state index contributed by atoms with van der Waals surface area (Å²) in [6.45, 7) is 5.11. The van der Waals surface area contributed by atoms with Crippen LogP contribution >= 0.6 is 11.6 Å². The van der Waals surface area contributed by atoms with Crippen molar-refractivity contribution in [3.8, 4) is 0 Å². The zero-order chi connectivity index (χ0) is 14.7. The van der Waals surface area contributed by atoms with Crippen LogP contribution in [0.15, 0.2) is 29.2 Å². The lowest BCUT2D eigenvalue weighted by Crippen LogP contribution is -2.45. The quantitative estimate of drug-likeness (QED) is 0.886. The molecule has 0 spiro atoms. The molecule has 0 radical (unpaired) electrons. The highest BCUT2D eigenvalue weighted by Crippen LogP contribution is 2.19. The second-order valence-corrected chi connectivity index (χ2v) is 7.20. The molecule has 106 valence electrons. The van der Waals surface area contributed by atoms with Crippen LogP contribution in [-0.2, 0) is 14.8 Å². The van der Waals surface area contributed by atoms with Gasteiger partial charge < -0.3 is 5.32 Å². The van der Waals surface area contributed by atoms with E-state index in [1.165, 1.54) is 12.1 Å². The Kier molecular flexibility index (Phi) is 4.95. The fourth-order valence-corrected chi connectivity index (χ4v) is 2.86. The van der Waals surface area contributed by atoms with Crippen molar-refractivity contribution in [1.29, 1.82) is 0 Å². The molecule has 0 bridgehead atoms. The average molecular weight is 305 g/mol. The number of benzene rings is 1. The van der Waals surface area contributed by atoms with Gasteiger partial charge in [-0.2, -0.15) is 0 Å². The Bertz CT molecular complexity index is 565. The van der Waals surface area contributed by atoms with E-state index in [2.05, 4.69) is 10.0 Å². The molecule has 19 heavy (non-hydrogen) atoms. The lowest BCUT2D eigenvalue weighted by molar-refractivity contribution is -0.121. The maximum absolute atomic E-state index is 11.9. The van der Waals surface area contributed by atoms with E-state index in [1.807, 2.05) is 20.8 Å². The van der Waals surface area contributed by atoms with Gasteiger partial charge in [0, 0.05) is 5.54 Å². The summed E-state index contributed by atoms with van der Waals surface area (Å²) in [6, 6.07) is 6.06. The molecular weight excluding hydrogens is 288 g/mol. The number of carbonyl (C=O) groups is 1. The van der Waals surface area contributed by atoms with E-state index in [0.717, 1.165) is 0 Å². The minimum Gasteiger partial charge on any atom is -0.350 e. The molecule has 0 aliphatic heterocycles. The summed E-state index contributed by atoms with van der Waals surface area (Å²) in [5.41, 5.74) is -0.410. The minimum atomic E-state index is -3.78. The van der Waals surface area contributed by atoms with E-state index in [0.29, 0.717) is 0 Å². The fraction of sp³-hybridized carbons (Fsp3) is 0.417. The molecule has 0 saturated carbocycles. The largest absolute Gasteiger partial charge is 0.350 e. The molecule has 1 amide bonds. The Morgan fingerprint density at radius 3 is 2.37 bits per heavy atom. The van der Waals surface area contributed by atoms with Crippen LogP contribution in [0.5, 0.6) is 0 Å². The van der Waals surface area contributed by atoms with Crippen LogP contribution in [0.3, 0.4) is 0 Å². The first kappa shape index (κ1) is 15.9. The zero-order valence-electron chi connectivity index (χ0n) is 11.0. The molecule has 1 aromatic rings. The third-order valence-electron chi connectivity index (χ3n) is 2.06. The van der Waals surface area contributed by atoms with Gasteiger partial charge in [0.05, 0.1) is 11.6 Å². The normalized spacial score (nSPS) is 12.2. The predicted octanol–water partition coefficient (Wildman–Crippen LogP) is 1.53. The minimum absolute atomic E-state index is 0.0415. The number of hydrogen-bond donors (Lipinski definition) is 2. The van der Waals surface area contributed by atoms with E-state index in [4.69, 9.17) is 11.6 Å². The van der Waals surface area contributed by atoms with E-state index >= 15 is 0 Å². The van der Waals surface area contributed by atoms with Crippen molar-refractivity contribution in [1.82, 2.24) is 10.0 Å². The van der Waals surface area contributed by atoms with Crippen LogP contribution in [0.1, 0.15) is 20.8 Å². The lowest BCUT2D eigenvalue weighted by atomic mass is 10.1. The predicted molar refractivity (Wildman–Crippen MR) is 74.5 cm³/mol. The maximum Gasteiger partial charge on any atom is 0.242 e. The van der Waals surface area contributed by atoms with Gasteiger partial charge in [0.2, 0.25) is 15.9 Å². The topological polar surface area (TPSA) is 75.3 Å². The van der Waals surface area contributed by atoms with Gasteiger partial charge in [-0.05, 0) is 32.9 Å². The molecule has 0 atom stereocenters. The van der Waals surface area contributed by atoms with Gasteiger partial charge in [-0.1, -0.05) is 23.7 Å². The van der Waals surface area contributed by atoms with Crippen molar-refractivity contribution < 1.29 is 13.2 Å². The number of sulfonamides is 1. The number of rotatable bonds is 4. The van der Waals surface area contributed by atoms with Gasteiger partial charge in [-0.15, -0.1) is 0 Å². The second-order valence-electron chi connectivity index (χ2n) is 5.05. The Morgan fingerprint density at radius 2 is 1.84 bits per heavy atom. The van der Waals surface area contributed by atoms with Crippen LogP contribution in [-0.4, -0.2) is 26.4 Å². The number of hydrogen-bond acceptors (Lipinski definition) is 3. The molecule has 7 heteroatoms. The molecule has 5 nitrogen and oxygen atoms in total. The molecule has 0 aromatic heterocycles. The van der Waals surface area contributed by atoms with Crippen LogP contribution < -0.4 is 10.0 Å². The summed E-state index contributed by atoms with van der Waals surface area (Å²) in [7, 11) is -3.78. The van der Waals surface area contributed by atoms with Crippen molar-refractivity contribution >= 4 is 27.5 Å². The Hall–Kier alpha value is -1.11. The van der Waals surface area contributed by atoms with E-state index in [-0.39, 0.29) is 16.5 Å². The van der Waals surface area contributed by atoms with E-state index < -0.39 is 21.5 Å². The van der Waals surface area contributed by atoms with Crippen molar-refractivity contribution in [2.75, 3.05) is 6.54 Å². The molecule has 2 N–H and O–H groups in total. The smallest absolute Gasteiger partial charge is 0.242 e. The first-order valence-corrected chi connectivity index (χ1v) is 7.53. The molecule has 1 rings (SSSR count). The summed E-state index contributed by atoms with van der Waals surface area (Å²) in [4.78, 5) is 11.5. The molecule has 0 fully saturated rings. The Labute approximate surface area is 118 Å². The summed E-state index contributed by atoms with van der Waals surface area (Å²) in [5.74, 6) is -0.400. The number of nitrogens with one attached hydrogen (secondary N) is 2. The molecular formula is C12H17ClN2O3S. The average Bonchev–Trinajstić information content (AvgIpc) is 2.24. The van der Waals surface area contributed by atoms with Crippen LogP contribution in [0.25, 0.3) is 0 Å². The highest BCUT2D eigenvalue weighted by molar-refractivity contribution is 7.89. The molecule has 0 saturated heterocycles. The van der Waals surface area contributed by atoms with Crippen molar-refractivity contribution in [2.45, 2.75) is 31.2 Å². The molecule has 0 aliphatic rings. The van der Waals surface area contributed by atoms with Gasteiger partial charge in [0.1, 0.15) is 4.90 Å². The SMILES string of the molecule is CC(C)(C)NC(=O)CNS(=O)(=O)c1ccccc1Cl. The van der Waals surface area contributed by atoms with Gasteiger partial charge in [0.15, 0.2) is 0 Å². The second kappa shape index (κ2) is 5.90. The Morgan fingerprint density at radius 1 is 1.26 bits per heavy atom. The summed E-state index contributed by atoms with van der Waals surface area (Å²) in [6.07, 6.45) is 0. The van der Waals surface area contributed by atoms with Crippen molar-refractivity contribution in [2.24, 2.45) is 0 Å². The molecule has 0 heterocycles. The van der Waals surface area contributed by atoms with Crippen molar-refractivity contribution in [3.63, 3.8) is 0 Å². The lowest BCUT2D eigenvalue weighted by Gasteiger charge is -2.20. The first-order chi connectivity index (χ1) is 8.62. The van der Waals surface area contributed by atoms with E-state index in [9.17, 15) is 13.2 Å².